The number of fused-ring (bicyclic) bond motifs is 20. The van der Waals surface area contributed by atoms with E-state index in [1.807, 2.05) is 0 Å². The van der Waals surface area contributed by atoms with Crippen molar-refractivity contribution in [2.75, 3.05) is 0 Å². The van der Waals surface area contributed by atoms with Gasteiger partial charge in [-0.3, -0.25) is 0 Å². The Morgan fingerprint density at radius 2 is 0.692 bits per heavy atom. The Bertz CT molecular complexity index is 3660. The van der Waals surface area contributed by atoms with E-state index < -0.39 is 0 Å². The van der Waals surface area contributed by atoms with E-state index in [1.54, 1.807) is 0 Å². The fourth-order valence-corrected chi connectivity index (χ4v) is 15.3. The second-order valence-electron chi connectivity index (χ2n) is 22.2. The van der Waals surface area contributed by atoms with Gasteiger partial charge in [0.2, 0.25) is 6.71 Å². The highest BCUT2D eigenvalue weighted by Crippen LogP contribution is 2.62. The number of rotatable bonds is 0. The Morgan fingerprint density at radius 1 is 0.369 bits per heavy atom. The average molecular weight is 828 g/mol. The van der Waals surface area contributed by atoms with Crippen molar-refractivity contribution in [2.45, 2.75) is 77.0 Å². The van der Waals surface area contributed by atoms with E-state index in [-0.39, 0.29) is 28.4 Å². The molecular formula is C63H46BN. The average Bonchev–Trinajstić information content (AvgIpc) is 3.88. The highest BCUT2D eigenvalue weighted by atomic mass is 14.5. The first-order chi connectivity index (χ1) is 31.3. The van der Waals surface area contributed by atoms with Crippen molar-refractivity contribution in [2.24, 2.45) is 0 Å². The summed E-state index contributed by atoms with van der Waals surface area (Å²) in [5.41, 5.74) is 31.0. The van der Waals surface area contributed by atoms with Gasteiger partial charge in [-0.2, -0.15) is 5.26 Å². The molecule has 15 rings (SSSR count). The molecule has 0 saturated carbocycles. The molecule has 4 aliphatic carbocycles. The molecule has 0 unspecified atom stereocenters. The van der Waals surface area contributed by atoms with Crippen LogP contribution in [0.1, 0.15) is 105 Å². The van der Waals surface area contributed by atoms with Gasteiger partial charge in [-0.1, -0.05) is 181 Å². The first-order valence-electron chi connectivity index (χ1n) is 23.6. The van der Waals surface area contributed by atoms with Crippen LogP contribution in [0, 0.1) is 11.3 Å². The molecule has 0 fully saturated rings. The van der Waals surface area contributed by atoms with E-state index >= 15 is 0 Å². The van der Waals surface area contributed by atoms with Gasteiger partial charge in [0.25, 0.3) is 0 Å². The molecule has 0 radical (unpaired) electrons. The second-order valence-corrected chi connectivity index (χ2v) is 22.2. The van der Waals surface area contributed by atoms with Gasteiger partial charge in [0.05, 0.1) is 11.6 Å². The third-order valence-corrected chi connectivity index (χ3v) is 17.7. The van der Waals surface area contributed by atoms with E-state index in [0.29, 0.717) is 0 Å². The maximum Gasteiger partial charge on any atom is 0.244 e. The lowest BCUT2D eigenvalue weighted by molar-refractivity contribution is 0.662. The molecule has 2 heterocycles. The molecule has 306 valence electrons. The monoisotopic (exact) mass is 827 g/mol. The van der Waals surface area contributed by atoms with Crippen LogP contribution in [-0.2, 0) is 21.7 Å². The van der Waals surface area contributed by atoms with Crippen LogP contribution in [0.5, 0.6) is 0 Å². The Hall–Kier alpha value is -6.95. The van der Waals surface area contributed by atoms with E-state index in [9.17, 15) is 5.26 Å². The minimum Gasteiger partial charge on any atom is -0.192 e. The van der Waals surface area contributed by atoms with Crippen LogP contribution in [-0.4, -0.2) is 6.71 Å². The summed E-state index contributed by atoms with van der Waals surface area (Å²) in [5, 5.41) is 16.7. The van der Waals surface area contributed by atoms with Crippen LogP contribution in [0.3, 0.4) is 0 Å². The molecule has 65 heavy (non-hydrogen) atoms. The molecule has 6 aliphatic rings. The van der Waals surface area contributed by atoms with Crippen molar-refractivity contribution < 1.29 is 0 Å². The molecule has 0 bridgehead atoms. The van der Waals surface area contributed by atoms with E-state index in [1.165, 1.54) is 149 Å². The first kappa shape index (κ1) is 36.4. The number of hydrogen-bond acceptors (Lipinski definition) is 1. The van der Waals surface area contributed by atoms with E-state index in [0.717, 1.165) is 5.56 Å². The maximum atomic E-state index is 11.2. The SMILES string of the molecule is CC1(C)c2ccccc2-c2cc3c4c(cc5c3c(c21)-c1cc(C#N)cc2c1B5c1cc3c(c5cc6c(c-2c15)C(C)(C)c1ccccc1-6)C(C)(C)c1ccccc1-3)-c1ccccc1C4(C)C. The first-order valence-corrected chi connectivity index (χ1v) is 23.6. The van der Waals surface area contributed by atoms with Gasteiger partial charge < -0.3 is 0 Å². The molecule has 1 nitrogen and oxygen atoms in total. The van der Waals surface area contributed by atoms with E-state index in [2.05, 4.69) is 195 Å². The standard InChI is InChI=1S/C63H46BN/c1-60(2)45-21-13-11-19-35(45)39-29-49-51-41(55(39)60)27-37-33-17-9-15-23-47(33)62(5,6)57(37)53(51)43-25-32(31-65)26-44-54-52-42(28-38-34-18-10-16-24-48(34)63(7,8)58(38)54)56-40(30-50(52)64(49)59(43)44)36-20-12-14-22-46(36)61(56,3)4/h9-30H,1-8H3. The Balaban J connectivity index is 1.21. The number of hydrogen-bond donors (Lipinski definition) is 0. The van der Waals surface area contributed by atoms with Crippen LogP contribution in [0.25, 0.3) is 88.3 Å². The fraction of sp³-hybridized carbons (Fsp3) is 0.190. The minimum absolute atomic E-state index is 0.0463. The van der Waals surface area contributed by atoms with Crippen molar-refractivity contribution in [3.05, 3.63) is 184 Å². The summed E-state index contributed by atoms with van der Waals surface area (Å²) in [6.07, 6.45) is 0. The van der Waals surface area contributed by atoms with Crippen molar-refractivity contribution in [3.8, 4) is 72.8 Å². The highest BCUT2D eigenvalue weighted by molar-refractivity contribution is 7.01. The van der Waals surface area contributed by atoms with Gasteiger partial charge in [0.1, 0.15) is 0 Å². The van der Waals surface area contributed by atoms with Gasteiger partial charge in [-0.15, -0.1) is 0 Å². The molecule has 0 aromatic heterocycles. The summed E-state index contributed by atoms with van der Waals surface area (Å²) in [7, 11) is 0. The predicted octanol–water partition coefficient (Wildman–Crippen LogP) is 13.6. The second kappa shape index (κ2) is 11.1. The Kier molecular flexibility index (Phi) is 6.22. The lowest BCUT2D eigenvalue weighted by atomic mass is 9.30. The molecule has 2 heteroatoms. The summed E-state index contributed by atoms with van der Waals surface area (Å²) in [6, 6.07) is 54.4. The van der Waals surface area contributed by atoms with Gasteiger partial charge in [0.15, 0.2) is 0 Å². The Labute approximate surface area is 381 Å². The maximum absolute atomic E-state index is 11.2. The summed E-state index contributed by atoms with van der Waals surface area (Å²) < 4.78 is 0. The van der Waals surface area contributed by atoms with Crippen molar-refractivity contribution in [1.29, 1.82) is 5.26 Å². The normalized spacial score (nSPS) is 17.4. The topological polar surface area (TPSA) is 23.8 Å². The largest absolute Gasteiger partial charge is 0.244 e. The van der Waals surface area contributed by atoms with Gasteiger partial charge in [-0.25, -0.2) is 0 Å². The summed E-state index contributed by atoms with van der Waals surface area (Å²) in [4.78, 5) is 0. The van der Waals surface area contributed by atoms with Gasteiger partial charge in [0, 0.05) is 21.7 Å². The zero-order valence-corrected chi connectivity index (χ0v) is 38.2. The number of benzene rings is 9. The number of nitrogens with zero attached hydrogens (tertiary/aromatic N) is 1. The van der Waals surface area contributed by atoms with Crippen LogP contribution in [0.2, 0.25) is 0 Å². The Morgan fingerprint density at radius 3 is 1.05 bits per heavy atom. The lowest BCUT2D eigenvalue weighted by Crippen LogP contribution is -2.58. The lowest BCUT2D eigenvalue weighted by Gasteiger charge is -2.40. The summed E-state index contributed by atoms with van der Waals surface area (Å²) in [6.45, 7) is 19.4. The predicted molar refractivity (Wildman–Crippen MR) is 272 cm³/mol. The molecule has 9 aromatic carbocycles. The molecule has 0 spiro atoms. The molecule has 0 atom stereocenters. The molecule has 0 amide bonds. The molecule has 0 saturated heterocycles. The van der Waals surface area contributed by atoms with Crippen LogP contribution < -0.4 is 16.4 Å². The van der Waals surface area contributed by atoms with Gasteiger partial charge >= 0.3 is 0 Å². The van der Waals surface area contributed by atoms with Crippen molar-refractivity contribution >= 4 is 44.6 Å². The number of nitriles is 1. The third kappa shape index (κ3) is 3.88. The van der Waals surface area contributed by atoms with Crippen LogP contribution in [0.15, 0.2) is 133 Å². The van der Waals surface area contributed by atoms with Gasteiger partial charge in [-0.05, 0) is 157 Å². The molecule has 2 aliphatic heterocycles. The quantitative estimate of drug-likeness (QED) is 0.140. The van der Waals surface area contributed by atoms with Crippen molar-refractivity contribution in [3.63, 3.8) is 0 Å². The molecule has 9 aromatic rings. The zero-order chi connectivity index (χ0) is 44.0. The van der Waals surface area contributed by atoms with Crippen LogP contribution >= 0.6 is 0 Å². The van der Waals surface area contributed by atoms with Crippen LogP contribution in [0.4, 0.5) is 0 Å². The third-order valence-electron chi connectivity index (χ3n) is 17.7. The highest BCUT2D eigenvalue weighted by Gasteiger charge is 2.51. The van der Waals surface area contributed by atoms with Crippen molar-refractivity contribution in [1.82, 2.24) is 0 Å². The molecule has 0 N–H and O–H groups in total. The minimum atomic E-state index is -0.264. The smallest absolute Gasteiger partial charge is 0.192 e. The summed E-state index contributed by atoms with van der Waals surface area (Å²) in [5.74, 6) is 0. The fourth-order valence-electron chi connectivity index (χ4n) is 15.3. The molecular weight excluding hydrogens is 782 g/mol. The summed E-state index contributed by atoms with van der Waals surface area (Å²) >= 11 is 0. The zero-order valence-electron chi connectivity index (χ0n) is 38.2. The van der Waals surface area contributed by atoms with E-state index in [4.69, 9.17) is 0 Å².